The molecular formula is C16H19N3O. The summed E-state index contributed by atoms with van der Waals surface area (Å²) in [6, 6.07) is 8.04. The van der Waals surface area contributed by atoms with Crippen LogP contribution < -0.4 is 5.32 Å². The summed E-state index contributed by atoms with van der Waals surface area (Å²) in [5.41, 5.74) is 3.22. The molecule has 0 fully saturated rings. The lowest BCUT2D eigenvalue weighted by Crippen LogP contribution is -2.25. The van der Waals surface area contributed by atoms with Gasteiger partial charge in [0.1, 0.15) is 0 Å². The van der Waals surface area contributed by atoms with Gasteiger partial charge in [-0.05, 0) is 31.1 Å². The summed E-state index contributed by atoms with van der Waals surface area (Å²) >= 11 is 0. The highest BCUT2D eigenvalue weighted by atomic mass is 16.1. The van der Waals surface area contributed by atoms with E-state index in [1.807, 2.05) is 51.4 Å². The largest absolute Gasteiger partial charge is 0.346 e. The number of rotatable bonds is 4. The van der Waals surface area contributed by atoms with Crippen LogP contribution in [0.3, 0.4) is 0 Å². The maximum atomic E-state index is 11.9. The molecule has 2 rings (SSSR count). The molecule has 0 bridgehead atoms. The molecule has 0 aliphatic carbocycles. The maximum Gasteiger partial charge on any atom is 0.244 e. The van der Waals surface area contributed by atoms with Crippen LogP contribution in [-0.4, -0.2) is 15.7 Å². The van der Waals surface area contributed by atoms with Crippen molar-refractivity contribution in [3.63, 3.8) is 0 Å². The van der Waals surface area contributed by atoms with Gasteiger partial charge in [-0.3, -0.25) is 9.48 Å². The van der Waals surface area contributed by atoms with Gasteiger partial charge in [0.05, 0.1) is 12.2 Å². The highest BCUT2D eigenvalue weighted by Crippen LogP contribution is 2.16. The SMILES string of the molecule is Cc1ccccc1[C@H](C)NC(=O)/C=C\c1cnn(C)c1. The summed E-state index contributed by atoms with van der Waals surface area (Å²) in [6.07, 6.45) is 6.86. The van der Waals surface area contributed by atoms with Gasteiger partial charge in [0.2, 0.25) is 5.91 Å². The van der Waals surface area contributed by atoms with Gasteiger partial charge in [-0.2, -0.15) is 5.10 Å². The lowest BCUT2D eigenvalue weighted by molar-refractivity contribution is -0.117. The molecule has 0 radical (unpaired) electrons. The molecule has 0 aliphatic heterocycles. The Labute approximate surface area is 119 Å². The van der Waals surface area contributed by atoms with E-state index >= 15 is 0 Å². The van der Waals surface area contributed by atoms with Gasteiger partial charge in [0, 0.05) is 24.9 Å². The second kappa shape index (κ2) is 6.19. The summed E-state index contributed by atoms with van der Waals surface area (Å²) < 4.78 is 1.70. The van der Waals surface area contributed by atoms with E-state index in [0.29, 0.717) is 0 Å². The Kier molecular flexibility index (Phi) is 4.35. The Morgan fingerprint density at radius 1 is 1.40 bits per heavy atom. The van der Waals surface area contributed by atoms with E-state index in [1.165, 1.54) is 11.6 Å². The Morgan fingerprint density at radius 3 is 2.80 bits per heavy atom. The van der Waals surface area contributed by atoms with Crippen LogP contribution in [0.4, 0.5) is 0 Å². The summed E-state index contributed by atoms with van der Waals surface area (Å²) in [7, 11) is 1.84. The highest BCUT2D eigenvalue weighted by molar-refractivity contribution is 5.91. The van der Waals surface area contributed by atoms with E-state index < -0.39 is 0 Å². The van der Waals surface area contributed by atoms with Gasteiger partial charge in [-0.25, -0.2) is 0 Å². The van der Waals surface area contributed by atoms with Gasteiger partial charge in [0.15, 0.2) is 0 Å². The van der Waals surface area contributed by atoms with Crippen molar-refractivity contribution in [1.29, 1.82) is 0 Å². The van der Waals surface area contributed by atoms with Crippen molar-refractivity contribution in [3.05, 3.63) is 59.4 Å². The van der Waals surface area contributed by atoms with Crippen molar-refractivity contribution in [1.82, 2.24) is 15.1 Å². The van der Waals surface area contributed by atoms with Crippen molar-refractivity contribution in [2.24, 2.45) is 7.05 Å². The molecule has 2 aromatic rings. The molecule has 1 atom stereocenters. The molecule has 1 aromatic carbocycles. The van der Waals surface area contributed by atoms with E-state index in [4.69, 9.17) is 0 Å². The van der Waals surface area contributed by atoms with Crippen molar-refractivity contribution in [2.45, 2.75) is 19.9 Å². The summed E-state index contributed by atoms with van der Waals surface area (Å²) in [4.78, 5) is 11.9. The Morgan fingerprint density at radius 2 is 2.15 bits per heavy atom. The third-order valence-corrected chi connectivity index (χ3v) is 3.17. The zero-order chi connectivity index (χ0) is 14.5. The van der Waals surface area contributed by atoms with Crippen LogP contribution in [0.2, 0.25) is 0 Å². The minimum Gasteiger partial charge on any atom is -0.346 e. The number of aryl methyl sites for hydroxylation is 2. The minimum atomic E-state index is -0.107. The molecule has 1 aromatic heterocycles. The van der Waals surface area contributed by atoms with Crippen molar-refractivity contribution in [2.75, 3.05) is 0 Å². The Balaban J connectivity index is 1.98. The van der Waals surface area contributed by atoms with Gasteiger partial charge in [-0.15, -0.1) is 0 Å². The lowest BCUT2D eigenvalue weighted by atomic mass is 10.0. The number of nitrogens with one attached hydrogen (secondary N) is 1. The molecule has 1 amide bonds. The van der Waals surface area contributed by atoms with Gasteiger partial charge >= 0.3 is 0 Å². The molecule has 0 unspecified atom stereocenters. The van der Waals surface area contributed by atoms with E-state index in [2.05, 4.69) is 10.4 Å². The summed E-state index contributed by atoms with van der Waals surface area (Å²) in [5.74, 6) is -0.107. The quantitative estimate of drug-likeness (QED) is 0.867. The number of hydrogen-bond acceptors (Lipinski definition) is 2. The van der Waals surface area contributed by atoms with Crippen LogP contribution in [-0.2, 0) is 11.8 Å². The molecule has 1 N–H and O–H groups in total. The van der Waals surface area contributed by atoms with E-state index in [1.54, 1.807) is 17.0 Å². The number of amides is 1. The van der Waals surface area contributed by atoms with Crippen LogP contribution in [0.1, 0.15) is 29.7 Å². The molecule has 0 saturated carbocycles. The molecular weight excluding hydrogens is 250 g/mol. The van der Waals surface area contributed by atoms with Crippen LogP contribution in [0.5, 0.6) is 0 Å². The first kappa shape index (κ1) is 14.1. The van der Waals surface area contributed by atoms with Crippen molar-refractivity contribution < 1.29 is 4.79 Å². The fraction of sp³-hybridized carbons (Fsp3) is 0.250. The summed E-state index contributed by atoms with van der Waals surface area (Å²) in [5, 5.41) is 7.01. The van der Waals surface area contributed by atoms with Crippen molar-refractivity contribution in [3.8, 4) is 0 Å². The zero-order valence-electron chi connectivity index (χ0n) is 12.0. The van der Waals surface area contributed by atoms with Crippen LogP contribution in [0.15, 0.2) is 42.7 Å². The predicted octanol–water partition coefficient (Wildman–Crippen LogP) is 2.62. The molecule has 0 aliphatic rings. The van der Waals surface area contributed by atoms with Gasteiger partial charge in [-0.1, -0.05) is 24.3 Å². The van der Waals surface area contributed by atoms with E-state index in [-0.39, 0.29) is 11.9 Å². The van der Waals surface area contributed by atoms with Crippen LogP contribution >= 0.6 is 0 Å². The highest BCUT2D eigenvalue weighted by Gasteiger charge is 2.09. The number of aromatic nitrogens is 2. The van der Waals surface area contributed by atoms with Crippen LogP contribution in [0, 0.1) is 6.92 Å². The zero-order valence-corrected chi connectivity index (χ0v) is 12.0. The standard InChI is InChI=1S/C16H19N3O/c1-12-6-4-5-7-15(12)13(2)18-16(20)9-8-14-10-17-19(3)11-14/h4-11,13H,1-3H3,(H,18,20)/b9-8-/t13-/m0/s1. The first-order valence-electron chi connectivity index (χ1n) is 6.59. The van der Waals surface area contributed by atoms with E-state index in [0.717, 1.165) is 11.1 Å². The minimum absolute atomic E-state index is 0.0118. The smallest absolute Gasteiger partial charge is 0.244 e. The monoisotopic (exact) mass is 269 g/mol. The third kappa shape index (κ3) is 3.57. The molecule has 4 nitrogen and oxygen atoms in total. The number of nitrogens with zero attached hydrogens (tertiary/aromatic N) is 2. The molecule has 4 heteroatoms. The van der Waals surface area contributed by atoms with E-state index in [9.17, 15) is 4.79 Å². The third-order valence-electron chi connectivity index (χ3n) is 3.17. The molecule has 0 spiro atoms. The number of carbonyl (C=O) groups is 1. The second-order valence-electron chi connectivity index (χ2n) is 4.87. The lowest BCUT2D eigenvalue weighted by Gasteiger charge is -2.15. The number of carbonyl (C=O) groups excluding carboxylic acids is 1. The molecule has 104 valence electrons. The first-order chi connectivity index (χ1) is 9.56. The molecule has 20 heavy (non-hydrogen) atoms. The Bertz CT molecular complexity index is 628. The Hall–Kier alpha value is -2.36. The second-order valence-corrected chi connectivity index (χ2v) is 4.87. The molecule has 1 heterocycles. The normalized spacial score (nSPS) is 12.6. The fourth-order valence-electron chi connectivity index (χ4n) is 2.11. The van der Waals surface area contributed by atoms with Crippen molar-refractivity contribution >= 4 is 12.0 Å². The number of hydrogen-bond donors (Lipinski definition) is 1. The van der Waals surface area contributed by atoms with Gasteiger partial charge in [0.25, 0.3) is 0 Å². The number of benzene rings is 1. The average Bonchev–Trinajstić information content (AvgIpc) is 2.82. The average molecular weight is 269 g/mol. The fourth-order valence-corrected chi connectivity index (χ4v) is 2.11. The van der Waals surface area contributed by atoms with Crippen LogP contribution in [0.25, 0.3) is 6.08 Å². The maximum absolute atomic E-state index is 11.9. The summed E-state index contributed by atoms with van der Waals surface area (Å²) in [6.45, 7) is 4.03. The molecule has 0 saturated heterocycles. The van der Waals surface area contributed by atoms with Gasteiger partial charge < -0.3 is 5.32 Å². The topological polar surface area (TPSA) is 46.9 Å². The predicted molar refractivity (Wildman–Crippen MR) is 80.0 cm³/mol. The first-order valence-corrected chi connectivity index (χ1v) is 6.59.